The van der Waals surface area contributed by atoms with E-state index in [-0.39, 0.29) is 28.8 Å². The fourth-order valence-corrected chi connectivity index (χ4v) is 4.21. The molecular formula is C21H23N3O4S. The molecule has 152 valence electrons. The smallest absolute Gasteiger partial charge is 0.269 e. The average Bonchev–Trinajstić information content (AvgIpc) is 2.74. The summed E-state index contributed by atoms with van der Waals surface area (Å²) in [7, 11) is 0. The van der Waals surface area contributed by atoms with E-state index in [0.29, 0.717) is 18.7 Å². The monoisotopic (exact) mass is 413 g/mol. The maximum atomic E-state index is 12.7. The largest absolute Gasteiger partial charge is 0.349 e. The Kier molecular flexibility index (Phi) is 6.87. The second-order valence-electron chi connectivity index (χ2n) is 6.95. The van der Waals surface area contributed by atoms with Crippen LogP contribution in [0.4, 0.5) is 5.69 Å². The van der Waals surface area contributed by atoms with Gasteiger partial charge in [0.1, 0.15) is 0 Å². The number of nitro benzene ring substituents is 1. The molecule has 2 aromatic carbocycles. The minimum Gasteiger partial charge on any atom is -0.349 e. The van der Waals surface area contributed by atoms with Crippen molar-refractivity contribution in [1.29, 1.82) is 0 Å². The first-order valence-corrected chi connectivity index (χ1v) is 10.4. The summed E-state index contributed by atoms with van der Waals surface area (Å²) in [6, 6.07) is 15.4. The van der Waals surface area contributed by atoms with Crippen LogP contribution in [0.3, 0.4) is 0 Å². The van der Waals surface area contributed by atoms with Crippen molar-refractivity contribution >= 4 is 29.3 Å². The van der Waals surface area contributed by atoms with Gasteiger partial charge in [-0.2, -0.15) is 0 Å². The van der Waals surface area contributed by atoms with Gasteiger partial charge < -0.3 is 10.2 Å². The molecule has 1 atom stereocenters. The van der Waals surface area contributed by atoms with Crippen molar-refractivity contribution in [1.82, 2.24) is 10.2 Å². The van der Waals surface area contributed by atoms with Crippen LogP contribution in [0.15, 0.2) is 59.5 Å². The van der Waals surface area contributed by atoms with E-state index in [0.717, 1.165) is 17.7 Å². The van der Waals surface area contributed by atoms with Crippen LogP contribution >= 0.6 is 11.8 Å². The van der Waals surface area contributed by atoms with Gasteiger partial charge >= 0.3 is 0 Å². The second-order valence-corrected chi connectivity index (χ2v) is 8.36. The number of thioether (sulfide) groups is 1. The average molecular weight is 413 g/mol. The SMILES string of the molecule is CC(Sc1ccc([N+](=O)[O-])cc1)C(=O)N1CCC(NC(=O)c2ccccc2)CC1. The van der Waals surface area contributed by atoms with Crippen molar-refractivity contribution in [3.8, 4) is 0 Å². The molecule has 29 heavy (non-hydrogen) atoms. The highest BCUT2D eigenvalue weighted by Gasteiger charge is 2.27. The van der Waals surface area contributed by atoms with Crippen molar-refractivity contribution in [3.05, 3.63) is 70.3 Å². The van der Waals surface area contributed by atoms with Crippen LogP contribution in [0, 0.1) is 10.1 Å². The number of hydrogen-bond donors (Lipinski definition) is 1. The van der Waals surface area contributed by atoms with E-state index in [4.69, 9.17) is 0 Å². The maximum Gasteiger partial charge on any atom is 0.269 e. The van der Waals surface area contributed by atoms with E-state index in [2.05, 4.69) is 5.32 Å². The van der Waals surface area contributed by atoms with E-state index in [1.165, 1.54) is 23.9 Å². The summed E-state index contributed by atoms with van der Waals surface area (Å²) in [5.74, 6) is -0.0429. The lowest BCUT2D eigenvalue weighted by Crippen LogP contribution is -2.48. The van der Waals surface area contributed by atoms with Gasteiger partial charge in [-0.3, -0.25) is 19.7 Å². The molecule has 1 aliphatic rings. The second kappa shape index (κ2) is 9.56. The molecule has 0 saturated carbocycles. The van der Waals surface area contributed by atoms with E-state index >= 15 is 0 Å². The highest BCUT2D eigenvalue weighted by atomic mass is 32.2. The Hall–Kier alpha value is -2.87. The predicted molar refractivity (Wildman–Crippen MR) is 112 cm³/mol. The Morgan fingerprint density at radius 2 is 1.72 bits per heavy atom. The number of carbonyl (C=O) groups excluding carboxylic acids is 2. The van der Waals surface area contributed by atoms with Crippen molar-refractivity contribution in [3.63, 3.8) is 0 Å². The van der Waals surface area contributed by atoms with Crippen molar-refractivity contribution < 1.29 is 14.5 Å². The molecular weight excluding hydrogens is 390 g/mol. The third kappa shape index (κ3) is 5.57. The Morgan fingerprint density at radius 1 is 1.10 bits per heavy atom. The van der Waals surface area contributed by atoms with Gasteiger partial charge in [0.05, 0.1) is 10.2 Å². The minimum absolute atomic E-state index is 0.0351. The number of nitro groups is 1. The highest BCUT2D eigenvalue weighted by Crippen LogP contribution is 2.27. The Morgan fingerprint density at radius 3 is 2.31 bits per heavy atom. The number of nitrogens with one attached hydrogen (secondary N) is 1. The molecule has 2 amide bonds. The lowest BCUT2D eigenvalue weighted by atomic mass is 10.0. The number of nitrogens with zero attached hydrogens (tertiary/aromatic N) is 2. The van der Waals surface area contributed by atoms with Crippen LogP contribution in [0.25, 0.3) is 0 Å². The van der Waals surface area contributed by atoms with Crippen molar-refractivity contribution in [2.45, 2.75) is 36.0 Å². The quantitative estimate of drug-likeness (QED) is 0.445. The molecule has 2 aromatic rings. The van der Waals surface area contributed by atoms with Crippen LogP contribution in [-0.4, -0.2) is 46.0 Å². The Labute approximate surface area is 173 Å². The molecule has 1 saturated heterocycles. The third-order valence-corrected chi connectivity index (χ3v) is 5.99. The van der Waals surface area contributed by atoms with Crippen LogP contribution < -0.4 is 5.32 Å². The minimum atomic E-state index is -0.441. The fraction of sp³-hybridized carbons (Fsp3) is 0.333. The molecule has 1 aliphatic heterocycles. The number of hydrogen-bond acceptors (Lipinski definition) is 5. The number of rotatable bonds is 6. The summed E-state index contributed by atoms with van der Waals surface area (Å²) in [5, 5.41) is 13.5. The van der Waals surface area contributed by atoms with Gasteiger partial charge in [0.15, 0.2) is 0 Å². The van der Waals surface area contributed by atoms with E-state index in [9.17, 15) is 19.7 Å². The molecule has 1 heterocycles. The summed E-state index contributed by atoms with van der Waals surface area (Å²) in [4.78, 5) is 37.9. The molecule has 0 aliphatic carbocycles. The van der Waals surface area contributed by atoms with Gasteiger partial charge in [-0.15, -0.1) is 11.8 Å². The van der Waals surface area contributed by atoms with Crippen LogP contribution in [-0.2, 0) is 4.79 Å². The lowest BCUT2D eigenvalue weighted by molar-refractivity contribution is -0.384. The maximum absolute atomic E-state index is 12.7. The van der Waals surface area contributed by atoms with Gasteiger partial charge in [-0.05, 0) is 44.0 Å². The molecule has 1 unspecified atom stereocenters. The Balaban J connectivity index is 1.47. The summed E-state index contributed by atoms with van der Waals surface area (Å²) in [5.41, 5.74) is 0.673. The van der Waals surface area contributed by atoms with Gasteiger partial charge in [0.2, 0.25) is 5.91 Å². The van der Waals surface area contributed by atoms with Gasteiger partial charge in [-0.25, -0.2) is 0 Å². The first-order valence-electron chi connectivity index (χ1n) is 9.50. The molecule has 1 N–H and O–H groups in total. The first kappa shape index (κ1) is 20.9. The topological polar surface area (TPSA) is 92.6 Å². The Bertz CT molecular complexity index is 865. The summed E-state index contributed by atoms with van der Waals surface area (Å²) >= 11 is 1.39. The summed E-state index contributed by atoms with van der Waals surface area (Å²) < 4.78 is 0. The number of benzene rings is 2. The number of piperidine rings is 1. The molecule has 8 heteroatoms. The van der Waals surface area contributed by atoms with E-state index in [1.54, 1.807) is 24.3 Å². The van der Waals surface area contributed by atoms with Crippen molar-refractivity contribution in [2.75, 3.05) is 13.1 Å². The third-order valence-electron chi connectivity index (χ3n) is 4.89. The molecule has 0 aromatic heterocycles. The first-order chi connectivity index (χ1) is 13.9. The zero-order valence-electron chi connectivity index (χ0n) is 16.1. The van der Waals surface area contributed by atoms with Crippen molar-refractivity contribution in [2.24, 2.45) is 0 Å². The highest BCUT2D eigenvalue weighted by molar-refractivity contribution is 8.00. The van der Waals surface area contributed by atoms with E-state index < -0.39 is 4.92 Å². The van der Waals surface area contributed by atoms with Gasteiger partial charge in [0, 0.05) is 41.7 Å². The molecule has 1 fully saturated rings. The summed E-state index contributed by atoms with van der Waals surface area (Å²) in [6.45, 7) is 3.05. The fourth-order valence-electron chi connectivity index (χ4n) is 3.26. The number of likely N-dealkylation sites (tertiary alicyclic amines) is 1. The number of amides is 2. The molecule has 0 spiro atoms. The van der Waals surface area contributed by atoms with Crippen LogP contribution in [0.2, 0.25) is 0 Å². The zero-order valence-corrected chi connectivity index (χ0v) is 16.9. The number of non-ortho nitro benzene ring substituents is 1. The van der Waals surface area contributed by atoms with Gasteiger partial charge in [0.25, 0.3) is 11.6 Å². The standard InChI is InChI=1S/C21H23N3O4S/c1-15(29-19-9-7-18(8-10-19)24(27)28)21(26)23-13-11-17(12-14-23)22-20(25)16-5-3-2-4-6-16/h2-10,15,17H,11-14H2,1H3,(H,22,25). The molecule has 0 bridgehead atoms. The molecule has 3 rings (SSSR count). The molecule has 0 radical (unpaired) electrons. The number of carbonyl (C=O) groups is 2. The van der Waals surface area contributed by atoms with Gasteiger partial charge in [-0.1, -0.05) is 18.2 Å². The predicted octanol–water partition coefficient (Wildman–Crippen LogP) is 3.50. The lowest BCUT2D eigenvalue weighted by Gasteiger charge is -2.33. The van der Waals surface area contributed by atoms with Crippen LogP contribution in [0.1, 0.15) is 30.1 Å². The zero-order chi connectivity index (χ0) is 20.8. The van der Waals surface area contributed by atoms with Crippen LogP contribution in [0.5, 0.6) is 0 Å². The van der Waals surface area contributed by atoms with E-state index in [1.807, 2.05) is 30.0 Å². The molecule has 7 nitrogen and oxygen atoms in total. The normalized spacial score (nSPS) is 15.6. The summed E-state index contributed by atoms with van der Waals surface area (Å²) in [6.07, 6.45) is 1.44.